The van der Waals surface area contributed by atoms with Crippen molar-refractivity contribution >= 4 is 22.6 Å². The Hall–Kier alpha value is -2.82. The van der Waals surface area contributed by atoms with Gasteiger partial charge in [-0.05, 0) is 37.6 Å². The minimum atomic E-state index is 0.0567. The van der Waals surface area contributed by atoms with Crippen LogP contribution in [0.5, 0.6) is 0 Å². The lowest BCUT2D eigenvalue weighted by Crippen LogP contribution is -2.37. The van der Waals surface area contributed by atoms with Gasteiger partial charge in [0.15, 0.2) is 0 Å². The largest absolute Gasteiger partial charge is 0.363 e. The molecule has 0 atom stereocenters. The fourth-order valence-corrected chi connectivity index (χ4v) is 2.92. The summed E-state index contributed by atoms with van der Waals surface area (Å²) in [5.41, 5.74) is 3.22. The van der Waals surface area contributed by atoms with Crippen molar-refractivity contribution in [2.24, 2.45) is 0 Å². The molecule has 0 fully saturated rings. The molecule has 3 rings (SSSR count). The van der Waals surface area contributed by atoms with Crippen molar-refractivity contribution in [3.63, 3.8) is 0 Å². The lowest BCUT2D eigenvalue weighted by molar-refractivity contribution is -0.119. The van der Waals surface area contributed by atoms with Gasteiger partial charge in [-0.15, -0.1) is 0 Å². The van der Waals surface area contributed by atoms with Gasteiger partial charge in [-0.25, -0.2) is 4.98 Å². The van der Waals surface area contributed by atoms with Gasteiger partial charge >= 0.3 is 0 Å². The van der Waals surface area contributed by atoms with Gasteiger partial charge in [-0.3, -0.25) is 4.79 Å². The zero-order valence-corrected chi connectivity index (χ0v) is 14.6. The first-order chi connectivity index (χ1) is 12.3. The van der Waals surface area contributed by atoms with Crippen LogP contribution in [-0.2, 0) is 11.3 Å². The Morgan fingerprint density at radius 1 is 1.12 bits per heavy atom. The number of carbonyl (C=O) groups is 1. The molecular weight excluding hydrogens is 312 g/mol. The number of nitrogens with zero attached hydrogens (tertiary/aromatic N) is 3. The number of aryl methyl sites for hydroxylation is 1. The van der Waals surface area contributed by atoms with E-state index in [0.717, 1.165) is 36.2 Å². The molecule has 0 unspecified atom stereocenters. The number of carbonyl (C=O) groups excluding carboxylic acids is 1. The second-order valence-electron chi connectivity index (χ2n) is 5.98. The van der Waals surface area contributed by atoms with E-state index in [1.54, 1.807) is 0 Å². The summed E-state index contributed by atoms with van der Waals surface area (Å²) < 4.78 is 2.13. The Morgan fingerprint density at radius 3 is 2.68 bits per heavy atom. The maximum Gasteiger partial charge on any atom is 0.239 e. The zero-order chi connectivity index (χ0) is 17.5. The standard InChI is InChI=1S/C20H24N4O/c1-2-23(17-9-4-3-5-10-17)15-20(25)21-13-8-14-24-16-22-18-11-6-7-12-19(18)24/h3-7,9-12,16H,2,8,13-15H2,1H3,(H,21,25). The Bertz CT molecular complexity index is 813. The normalized spacial score (nSPS) is 10.8. The average molecular weight is 336 g/mol. The molecule has 5 nitrogen and oxygen atoms in total. The lowest BCUT2D eigenvalue weighted by atomic mass is 10.3. The van der Waals surface area contributed by atoms with Crippen molar-refractivity contribution in [1.29, 1.82) is 0 Å². The second-order valence-corrected chi connectivity index (χ2v) is 5.98. The van der Waals surface area contributed by atoms with E-state index < -0.39 is 0 Å². The number of para-hydroxylation sites is 3. The summed E-state index contributed by atoms with van der Waals surface area (Å²) in [6.45, 7) is 4.76. The van der Waals surface area contributed by atoms with Gasteiger partial charge in [0.25, 0.3) is 0 Å². The molecule has 0 aliphatic carbocycles. The van der Waals surface area contributed by atoms with Gasteiger partial charge in [-0.2, -0.15) is 0 Å². The molecule has 5 heteroatoms. The third kappa shape index (κ3) is 4.38. The number of hydrogen-bond acceptors (Lipinski definition) is 3. The van der Waals surface area contributed by atoms with Gasteiger partial charge in [0.1, 0.15) is 0 Å². The maximum absolute atomic E-state index is 12.2. The predicted molar refractivity (Wildman–Crippen MR) is 102 cm³/mol. The number of hydrogen-bond donors (Lipinski definition) is 1. The van der Waals surface area contributed by atoms with Crippen LogP contribution in [0.25, 0.3) is 11.0 Å². The molecule has 2 aromatic carbocycles. The predicted octanol–water partition coefficient (Wildman–Crippen LogP) is 3.07. The highest BCUT2D eigenvalue weighted by molar-refractivity contribution is 5.81. The summed E-state index contributed by atoms with van der Waals surface area (Å²) in [5.74, 6) is 0.0567. The quantitative estimate of drug-likeness (QED) is 0.643. The fraction of sp³-hybridized carbons (Fsp3) is 0.300. The van der Waals surface area contributed by atoms with Crippen molar-refractivity contribution in [2.75, 3.05) is 24.5 Å². The first-order valence-corrected chi connectivity index (χ1v) is 8.74. The van der Waals surface area contributed by atoms with Crippen molar-refractivity contribution in [2.45, 2.75) is 19.9 Å². The Labute approximate surface area is 148 Å². The summed E-state index contributed by atoms with van der Waals surface area (Å²) in [4.78, 5) is 18.6. The van der Waals surface area contributed by atoms with Crippen molar-refractivity contribution < 1.29 is 4.79 Å². The van der Waals surface area contributed by atoms with Crippen LogP contribution in [0.15, 0.2) is 60.9 Å². The minimum Gasteiger partial charge on any atom is -0.363 e. The van der Waals surface area contributed by atoms with Gasteiger partial charge < -0.3 is 14.8 Å². The number of aromatic nitrogens is 2. The topological polar surface area (TPSA) is 50.2 Å². The Morgan fingerprint density at radius 2 is 1.88 bits per heavy atom. The van der Waals surface area contributed by atoms with Crippen molar-refractivity contribution in [1.82, 2.24) is 14.9 Å². The van der Waals surface area contributed by atoms with Crippen LogP contribution < -0.4 is 10.2 Å². The number of imidazole rings is 1. The summed E-state index contributed by atoms with van der Waals surface area (Å²) >= 11 is 0. The summed E-state index contributed by atoms with van der Waals surface area (Å²) in [7, 11) is 0. The van der Waals surface area contributed by atoms with Crippen molar-refractivity contribution in [3.8, 4) is 0 Å². The molecular formula is C20H24N4O. The molecule has 0 radical (unpaired) electrons. The monoisotopic (exact) mass is 336 g/mol. The van der Waals surface area contributed by atoms with Crippen LogP contribution in [0.2, 0.25) is 0 Å². The van der Waals surface area contributed by atoms with E-state index in [2.05, 4.69) is 32.8 Å². The molecule has 25 heavy (non-hydrogen) atoms. The Balaban J connectivity index is 1.45. The molecule has 0 saturated heterocycles. The van der Waals surface area contributed by atoms with Crippen LogP contribution in [0.4, 0.5) is 5.69 Å². The molecule has 1 heterocycles. The molecule has 3 aromatic rings. The maximum atomic E-state index is 12.2. The molecule has 0 spiro atoms. The molecule has 0 bridgehead atoms. The first kappa shape index (κ1) is 17.0. The van der Waals surface area contributed by atoms with Gasteiger partial charge in [-0.1, -0.05) is 30.3 Å². The summed E-state index contributed by atoms with van der Waals surface area (Å²) in [5, 5.41) is 3.01. The van der Waals surface area contributed by atoms with E-state index in [1.165, 1.54) is 0 Å². The Kier molecular flexibility index (Phi) is 5.67. The van der Waals surface area contributed by atoms with E-state index >= 15 is 0 Å². The number of benzene rings is 2. The molecule has 0 saturated carbocycles. The molecule has 0 aliphatic heterocycles. The summed E-state index contributed by atoms with van der Waals surface area (Å²) in [6.07, 6.45) is 2.74. The highest BCUT2D eigenvalue weighted by atomic mass is 16.2. The average Bonchev–Trinajstić information content (AvgIpc) is 3.07. The number of rotatable bonds is 8. The van der Waals surface area contributed by atoms with Crippen LogP contribution in [0.1, 0.15) is 13.3 Å². The number of nitrogens with one attached hydrogen (secondary N) is 1. The summed E-state index contributed by atoms with van der Waals surface area (Å²) in [6, 6.07) is 18.1. The number of amides is 1. The fourth-order valence-electron chi connectivity index (χ4n) is 2.92. The smallest absolute Gasteiger partial charge is 0.239 e. The SMILES string of the molecule is CCN(CC(=O)NCCCn1cnc2ccccc21)c1ccccc1. The van der Waals surface area contributed by atoms with Gasteiger partial charge in [0, 0.05) is 25.3 Å². The molecule has 1 amide bonds. The minimum absolute atomic E-state index is 0.0567. The van der Waals surface area contributed by atoms with E-state index in [9.17, 15) is 4.79 Å². The molecule has 130 valence electrons. The van der Waals surface area contributed by atoms with Gasteiger partial charge in [0.2, 0.25) is 5.91 Å². The van der Waals surface area contributed by atoms with E-state index in [1.807, 2.05) is 54.9 Å². The number of fused-ring (bicyclic) bond motifs is 1. The molecule has 1 N–H and O–H groups in total. The van der Waals surface area contributed by atoms with Crippen molar-refractivity contribution in [3.05, 3.63) is 60.9 Å². The lowest BCUT2D eigenvalue weighted by Gasteiger charge is -2.22. The number of likely N-dealkylation sites (N-methyl/N-ethyl adjacent to an activating group) is 1. The van der Waals surface area contributed by atoms with Crippen LogP contribution in [0.3, 0.4) is 0 Å². The van der Waals surface area contributed by atoms with Crippen LogP contribution in [0, 0.1) is 0 Å². The van der Waals surface area contributed by atoms with Gasteiger partial charge in [0.05, 0.1) is 23.9 Å². The zero-order valence-electron chi connectivity index (χ0n) is 14.6. The highest BCUT2D eigenvalue weighted by Crippen LogP contribution is 2.13. The van der Waals surface area contributed by atoms with E-state index in [0.29, 0.717) is 13.1 Å². The van der Waals surface area contributed by atoms with Crippen LogP contribution >= 0.6 is 0 Å². The first-order valence-electron chi connectivity index (χ1n) is 8.74. The highest BCUT2D eigenvalue weighted by Gasteiger charge is 2.09. The van der Waals surface area contributed by atoms with E-state index in [4.69, 9.17) is 0 Å². The molecule has 1 aromatic heterocycles. The number of anilines is 1. The van der Waals surface area contributed by atoms with Crippen LogP contribution in [-0.4, -0.2) is 35.1 Å². The molecule has 0 aliphatic rings. The van der Waals surface area contributed by atoms with E-state index in [-0.39, 0.29) is 5.91 Å². The third-order valence-electron chi connectivity index (χ3n) is 4.26. The second kappa shape index (κ2) is 8.33. The third-order valence-corrected chi connectivity index (χ3v) is 4.26.